The highest BCUT2D eigenvalue weighted by Crippen LogP contribution is 2.46. The Morgan fingerprint density at radius 2 is 1.28 bits per heavy atom. The van der Waals surface area contributed by atoms with Crippen LogP contribution in [0, 0.1) is 0 Å². The molecule has 86 heavy (non-hydrogen) atoms. The first-order valence-corrected chi connectivity index (χ1v) is 32.1. The van der Waals surface area contributed by atoms with E-state index in [1.807, 2.05) is 29.1 Å². The standard InChI is InChI=1S/C22H37B3N7O10P.C19H36B3N9O11P/c1-28-12-18(25(23)19-15(35)16(42-21(12)29(28)2)11(41-19)7-39-43(3,36)37)32-20-22(31-5-9-8(26-27-9)4-30(20)31)38-6-10-13(33)14(34)17(24-32)40-10;1-27-26-31(28(27)2)38-5-9-12(32)13(33)16(40-9)21-23-17-11-19(30-4-8-7(24-25-8)3-29(11)30)42-15-10(6-39-43(35,36)37)41-18(14(15)34)22(17)20/h8-22,26-27,33-35H,3-7H2,1-2H3,(H-,36,37);7-19,23-26,32-34H,3-6H2,1-2H3,(H2,35,36,37)/q-1;/p-2/t8-,9?,10?,11?,12-,13?,14?,15?,16?,17?,18-,19?,20+,21?,22?;7?,8-,9?,10?,11?,12?,13?,14?,15?,16?,17-,18?,19?/m00/s1. The number of nitrogens with zero attached hydrogens (tertiary/aromatic N) is 10. The topological polar surface area (TPSA) is 425 Å². The Kier molecular flexibility index (Phi) is 17.4. The lowest BCUT2D eigenvalue weighted by atomic mass is 9.23. The van der Waals surface area contributed by atoms with Crippen LogP contribution in [0.2, 0.25) is 0 Å². The van der Waals surface area contributed by atoms with E-state index in [0.29, 0.717) is 19.6 Å². The van der Waals surface area contributed by atoms with Crippen LogP contribution in [-0.2, 0) is 51.6 Å². The quantitative estimate of drug-likeness (QED) is 0.0601. The van der Waals surface area contributed by atoms with Gasteiger partial charge in [0.25, 0.3) is 0 Å². The van der Waals surface area contributed by atoms with E-state index in [9.17, 15) is 54.8 Å². The molecule has 13 N–H and O–H groups in total. The first-order valence-electron chi connectivity index (χ1n) is 28.9. The fraction of sp³-hybridized carbons (Fsp3) is 0.976. The largest absolute Gasteiger partial charge is 0.790 e. The number of aliphatic hydroxyl groups excluding tert-OH is 6. The minimum absolute atomic E-state index is 0.0475. The van der Waals surface area contributed by atoms with Crippen molar-refractivity contribution in [3.05, 3.63) is 0 Å². The molecule has 0 spiro atoms. The second-order valence-corrected chi connectivity index (χ2v) is 27.4. The van der Waals surface area contributed by atoms with Crippen molar-refractivity contribution in [2.24, 2.45) is 0 Å². The third-order valence-corrected chi connectivity index (χ3v) is 20.9. The van der Waals surface area contributed by atoms with Crippen molar-refractivity contribution in [2.45, 2.75) is 170 Å². The molecule has 0 aromatic heterocycles. The molecule has 0 aromatic carbocycles. The fourth-order valence-corrected chi connectivity index (χ4v) is 15.6. The van der Waals surface area contributed by atoms with Crippen LogP contribution in [0.25, 0.3) is 0 Å². The predicted molar refractivity (Wildman–Crippen MR) is 288 cm³/mol. The molecule has 37 nitrogen and oxygen atoms in total. The van der Waals surface area contributed by atoms with Crippen molar-refractivity contribution in [3.63, 3.8) is 0 Å². The first kappa shape index (κ1) is 62.9. The third kappa shape index (κ3) is 10.9. The van der Waals surface area contributed by atoms with Crippen LogP contribution in [0.15, 0.2) is 0 Å². The van der Waals surface area contributed by atoms with Gasteiger partial charge in [0.15, 0.2) is 19.4 Å². The van der Waals surface area contributed by atoms with Gasteiger partial charge in [-0.05, 0) is 17.2 Å². The van der Waals surface area contributed by atoms with E-state index in [2.05, 4.69) is 63.1 Å². The summed E-state index contributed by atoms with van der Waals surface area (Å²) in [6.45, 7) is 0.114. The fourth-order valence-electron chi connectivity index (χ4n) is 14.9. The molecule has 15 fully saturated rings. The first-order chi connectivity index (χ1) is 40.8. The zero-order valence-corrected chi connectivity index (χ0v) is 49.0. The van der Waals surface area contributed by atoms with Crippen LogP contribution in [0.3, 0.4) is 0 Å². The van der Waals surface area contributed by atoms with Crippen LogP contribution >= 0.6 is 15.4 Å². The van der Waals surface area contributed by atoms with Gasteiger partial charge in [-0.15, -0.1) is 15.8 Å². The minimum atomic E-state index is -5.30. The van der Waals surface area contributed by atoms with Crippen LogP contribution in [0.4, 0.5) is 0 Å². The molecule has 0 amide bonds. The highest BCUT2D eigenvalue weighted by Gasteiger charge is 2.68. The summed E-state index contributed by atoms with van der Waals surface area (Å²) < 4.78 is 64.2. The monoisotopic (exact) mass is 1250 g/mol. The number of fused-ring (bicyclic) bond motifs is 17. The average molecular weight is 1250 g/mol. The molecule has 15 saturated heterocycles. The molecule has 45 heteroatoms. The highest BCUT2D eigenvalue weighted by molar-refractivity contribution is 7.56. The molecule has 15 heterocycles. The maximum Gasteiger partial charge on any atom is 0.249 e. The summed E-state index contributed by atoms with van der Waals surface area (Å²) in [7, 11) is 15.1. The molecule has 0 aliphatic carbocycles. The summed E-state index contributed by atoms with van der Waals surface area (Å²) in [5.74, 6) is -1.18. The highest BCUT2D eigenvalue weighted by atomic mass is 31.2. The summed E-state index contributed by atoms with van der Waals surface area (Å²) in [4.78, 5) is 51.4. The van der Waals surface area contributed by atoms with Crippen LogP contribution in [-0.4, -0.2) is 387 Å². The summed E-state index contributed by atoms with van der Waals surface area (Å²) in [5, 5.41) is 86.0. The lowest BCUT2D eigenvalue weighted by Gasteiger charge is -2.69. The van der Waals surface area contributed by atoms with Crippen molar-refractivity contribution < 1.29 is 102 Å². The van der Waals surface area contributed by atoms with Gasteiger partial charge in [0.2, 0.25) is 14.8 Å². The average Bonchev–Trinajstić information content (AvgIpc) is 0.996. The molecule has 15 aliphatic rings. The van der Waals surface area contributed by atoms with Gasteiger partial charge in [-0.3, -0.25) is 26.5 Å². The zero-order chi connectivity index (χ0) is 60.5. The molecule has 15 rings (SSSR count). The molecular weight excluding hydrogens is 1180 g/mol. The van der Waals surface area contributed by atoms with Gasteiger partial charge >= 0.3 is 0 Å². The van der Waals surface area contributed by atoms with Gasteiger partial charge in [-0.1, -0.05) is 6.30 Å². The molecular formula is C41H71B6N16O21P2-3. The number of hydrazine groups is 9. The van der Waals surface area contributed by atoms with E-state index in [-0.39, 0.29) is 62.2 Å². The van der Waals surface area contributed by atoms with Crippen molar-refractivity contribution in [1.29, 1.82) is 0 Å². The zero-order valence-electron chi connectivity index (χ0n) is 47.2. The molecule has 0 aromatic rings. The second-order valence-electron chi connectivity index (χ2n) is 24.7. The lowest BCUT2D eigenvalue weighted by Crippen LogP contribution is -2.90. The van der Waals surface area contributed by atoms with Gasteiger partial charge in [0.05, 0.1) is 87.9 Å². The van der Waals surface area contributed by atoms with E-state index in [4.69, 9.17) is 58.0 Å². The van der Waals surface area contributed by atoms with Crippen molar-refractivity contribution in [2.75, 3.05) is 80.8 Å². The Morgan fingerprint density at radius 3 is 1.88 bits per heavy atom. The summed E-state index contributed by atoms with van der Waals surface area (Å²) in [6, 6.07) is -3.49. The number of phosphoric ester groups is 1. The third-order valence-electron chi connectivity index (χ3n) is 19.8. The predicted octanol–water partition coefficient (Wildman–Crippen LogP) is -16.3. The molecule has 0 saturated carbocycles. The normalized spacial score (nSPS) is 50.5. The number of ether oxygens (including phenoxy) is 7. The summed E-state index contributed by atoms with van der Waals surface area (Å²) in [6.07, 6.45) is -11.3. The summed E-state index contributed by atoms with van der Waals surface area (Å²) in [5.41, 5.74) is 15.7. The number of nitrogens with one attached hydrogen (secondary N) is 6. The van der Waals surface area contributed by atoms with Gasteiger partial charge in [-0.2, -0.15) is 0 Å². The maximum atomic E-state index is 11.8. The van der Waals surface area contributed by atoms with Crippen LogP contribution in [0.5, 0.6) is 0 Å². The van der Waals surface area contributed by atoms with Crippen molar-refractivity contribution in [1.82, 2.24) is 82.8 Å². The van der Waals surface area contributed by atoms with Crippen molar-refractivity contribution >= 4 is 65.2 Å². The Bertz CT molecular complexity index is 2580. The molecule has 472 valence electrons. The smallest absolute Gasteiger partial charge is 0.249 e. The van der Waals surface area contributed by atoms with Crippen LogP contribution < -0.4 is 47.1 Å². The van der Waals surface area contributed by atoms with E-state index in [1.54, 1.807) is 31.7 Å². The molecule has 23 unspecified atom stereocenters. The summed E-state index contributed by atoms with van der Waals surface area (Å²) >= 11 is 0. The molecule has 6 bridgehead atoms. The number of hydrogen-bond donors (Lipinski definition) is 13. The number of hydrogen-bond acceptors (Lipinski definition) is 37. The number of aliphatic hydroxyl groups is 6. The van der Waals surface area contributed by atoms with E-state index >= 15 is 0 Å². The van der Waals surface area contributed by atoms with Gasteiger partial charge in [0, 0.05) is 77.4 Å². The van der Waals surface area contributed by atoms with Gasteiger partial charge in [-0.25, -0.2) is 30.1 Å². The Morgan fingerprint density at radius 1 is 0.686 bits per heavy atom. The van der Waals surface area contributed by atoms with Gasteiger partial charge in [0.1, 0.15) is 98.5 Å². The molecule has 6 radical (unpaired) electrons. The molecule has 15 aliphatic heterocycles. The van der Waals surface area contributed by atoms with Crippen LogP contribution in [0.1, 0.15) is 0 Å². The number of phosphoric acid groups is 1. The Balaban J connectivity index is 0.000000152. The van der Waals surface area contributed by atoms with E-state index in [1.165, 1.54) is 12.7 Å². The second kappa shape index (κ2) is 23.7. The Hall–Kier alpha value is -0.520. The maximum absolute atomic E-state index is 11.8. The number of likely N-dealkylation sites (N-methyl/N-ethyl adjacent to an activating group) is 2. The lowest BCUT2D eigenvalue weighted by molar-refractivity contribution is -0.496. The SMILES string of the molecule is [B]B1C2OC(COP(=C)([O-])O)C(OC3[C@H]([C@@H]1N1[B]C4OC(COC5[C@@H]1N1C[C@@H]6NNC6CN51)C(O)C4O)N(C)N3C)C2O.[B]B1C2OC(COP(=O)([O-])[O-])C(OC3C([C@@H]1N[B]C1OC(CON4NN(C)N4C)C(O)C1O)N1CC4NN[C@H]4CN31)C2O. The Labute approximate surface area is 499 Å². The molecule has 29 atom stereocenters. The van der Waals surface area contributed by atoms with E-state index < -0.39 is 163 Å². The van der Waals surface area contributed by atoms with Crippen molar-refractivity contribution in [3.8, 4) is 0 Å². The van der Waals surface area contributed by atoms with E-state index in [0.717, 1.165) is 6.54 Å². The van der Waals surface area contributed by atoms with Gasteiger partial charge < -0.3 is 107 Å². The number of rotatable bonds is 13. The minimum Gasteiger partial charge on any atom is -0.790 e.